The summed E-state index contributed by atoms with van der Waals surface area (Å²) >= 11 is 0. The molecule has 0 bridgehead atoms. The van der Waals surface area contributed by atoms with Gasteiger partial charge in [-0.3, -0.25) is 23.7 Å². The van der Waals surface area contributed by atoms with E-state index in [4.69, 9.17) is 9.47 Å². The maximum atomic E-state index is 15.4. The molecule has 1 aliphatic heterocycles. The first kappa shape index (κ1) is 34.0. The lowest BCUT2D eigenvalue weighted by Crippen LogP contribution is -2.45. The first-order valence-electron chi connectivity index (χ1n) is 13.9. The molecule has 1 N–H and O–H groups in total. The van der Waals surface area contributed by atoms with Crippen molar-refractivity contribution in [2.24, 2.45) is 0 Å². The van der Waals surface area contributed by atoms with Crippen molar-refractivity contribution in [1.82, 2.24) is 14.8 Å². The molecule has 11 nitrogen and oxygen atoms in total. The molecule has 4 rings (SSSR count). The highest BCUT2D eigenvalue weighted by Gasteiger charge is 2.46. The number of nitrogens with zero attached hydrogens (tertiary/aromatic N) is 3. The van der Waals surface area contributed by atoms with E-state index in [1.54, 1.807) is 6.92 Å². The van der Waals surface area contributed by atoms with Gasteiger partial charge in [-0.2, -0.15) is 8.78 Å². The quantitative estimate of drug-likeness (QED) is 0.317. The van der Waals surface area contributed by atoms with Crippen LogP contribution in [0.15, 0.2) is 53.5 Å². The van der Waals surface area contributed by atoms with Crippen LogP contribution in [0.4, 0.5) is 23.2 Å². The second-order valence-corrected chi connectivity index (χ2v) is 10.7. The minimum Gasteiger partial charge on any atom is -0.497 e. The van der Waals surface area contributed by atoms with Crippen LogP contribution in [0.3, 0.4) is 0 Å². The molecule has 0 spiro atoms. The third kappa shape index (κ3) is 6.83. The summed E-state index contributed by atoms with van der Waals surface area (Å²) in [5.41, 5.74) is -1.19. The summed E-state index contributed by atoms with van der Waals surface area (Å²) in [5, 5.41) is 2.49. The zero-order valence-electron chi connectivity index (χ0n) is 25.6. The Morgan fingerprint density at radius 1 is 1.02 bits per heavy atom. The van der Waals surface area contributed by atoms with Gasteiger partial charge in [-0.25, -0.2) is 8.78 Å². The van der Waals surface area contributed by atoms with Crippen LogP contribution in [0.1, 0.15) is 33.4 Å². The topological polar surface area (TPSA) is 119 Å². The summed E-state index contributed by atoms with van der Waals surface area (Å²) in [6.45, 7) is -2.14. The second kappa shape index (κ2) is 14.0. The number of aryl methyl sites for hydroxylation is 1. The van der Waals surface area contributed by atoms with Gasteiger partial charge >= 0.3 is 6.61 Å². The van der Waals surface area contributed by atoms with Gasteiger partial charge in [0.25, 0.3) is 11.5 Å². The van der Waals surface area contributed by atoms with Gasteiger partial charge < -0.3 is 29.3 Å². The van der Waals surface area contributed by atoms with Gasteiger partial charge in [0.05, 0.1) is 13.7 Å². The molecule has 1 unspecified atom stereocenters. The molecular weight excluding hydrogens is 616 g/mol. The molecule has 1 saturated heterocycles. The number of pyridine rings is 1. The molecule has 1 aliphatic rings. The average Bonchev–Trinajstić information content (AvgIpc) is 3.30. The SMILES string of the molecule is COCC(C(=O)N(C)C)n1ccc(C)c(N2C[C@@H](c3c(F)cc(OC)cc3F)[C@H](NC(=O)c3ccc(OC(F)F)cc3)C2=O)c1=O. The van der Waals surface area contributed by atoms with Crippen LogP contribution in [0.25, 0.3) is 0 Å². The number of aromatic nitrogens is 1. The molecule has 3 aromatic rings. The van der Waals surface area contributed by atoms with E-state index in [-0.39, 0.29) is 29.4 Å². The van der Waals surface area contributed by atoms with Gasteiger partial charge in [0, 0.05) is 63.1 Å². The zero-order chi connectivity index (χ0) is 33.9. The Morgan fingerprint density at radius 2 is 1.65 bits per heavy atom. The van der Waals surface area contributed by atoms with E-state index in [0.717, 1.165) is 33.7 Å². The standard InChI is InChI=1S/C31H32F4N4O7/c1-16-10-11-38(23(15-44-4)28(41)37(2)3)30(43)26(16)39-14-20(24-21(32)12-19(45-5)13-22(24)33)25(29(39)42)36-27(40)17-6-8-18(9-7-17)46-31(34)35/h6-13,20,23,25,31H,14-15H2,1-5H3,(H,36,40)/t20-,23?,25-/m0/s1. The average molecular weight is 649 g/mol. The molecular formula is C31H32F4N4O7. The van der Waals surface area contributed by atoms with Crippen LogP contribution >= 0.6 is 0 Å². The van der Waals surface area contributed by atoms with Crippen LogP contribution in [-0.4, -0.2) is 81.3 Å². The van der Waals surface area contributed by atoms with Gasteiger partial charge in [0.1, 0.15) is 40.9 Å². The van der Waals surface area contributed by atoms with Crippen molar-refractivity contribution in [3.8, 4) is 11.5 Å². The highest BCUT2D eigenvalue weighted by Crippen LogP contribution is 2.37. The number of anilines is 1. The van der Waals surface area contributed by atoms with Crippen molar-refractivity contribution in [2.75, 3.05) is 46.4 Å². The second-order valence-electron chi connectivity index (χ2n) is 10.7. The molecule has 0 radical (unpaired) electrons. The minimum absolute atomic E-state index is 0.0647. The van der Waals surface area contributed by atoms with Crippen LogP contribution in [0.2, 0.25) is 0 Å². The lowest BCUT2D eigenvalue weighted by atomic mass is 9.92. The van der Waals surface area contributed by atoms with Crippen molar-refractivity contribution >= 4 is 23.4 Å². The number of amides is 3. The summed E-state index contributed by atoms with van der Waals surface area (Å²) in [5.74, 6) is -5.95. The van der Waals surface area contributed by atoms with Crippen molar-refractivity contribution in [3.05, 3.63) is 87.3 Å². The highest BCUT2D eigenvalue weighted by molar-refractivity contribution is 6.05. The predicted octanol–water partition coefficient (Wildman–Crippen LogP) is 3.25. The Kier molecular flexibility index (Phi) is 10.4. The number of carbonyl (C=O) groups is 3. The van der Waals surface area contributed by atoms with Crippen molar-refractivity contribution < 1.29 is 46.2 Å². The fourth-order valence-corrected chi connectivity index (χ4v) is 5.33. The molecule has 15 heteroatoms. The Bertz CT molecular complexity index is 1660. The largest absolute Gasteiger partial charge is 0.497 e. The number of carbonyl (C=O) groups excluding carboxylic acids is 3. The number of nitrogens with one attached hydrogen (secondary N) is 1. The normalized spacial score (nSPS) is 16.8. The van der Waals surface area contributed by atoms with Crippen LogP contribution < -0.4 is 25.2 Å². The van der Waals surface area contributed by atoms with Gasteiger partial charge in [0.2, 0.25) is 11.8 Å². The number of likely N-dealkylation sites (N-methyl/N-ethyl adjacent to an activating group) is 1. The number of halogens is 4. The van der Waals surface area contributed by atoms with E-state index < -0.39 is 71.6 Å². The summed E-state index contributed by atoms with van der Waals surface area (Å²) in [6.07, 6.45) is 1.38. The Balaban J connectivity index is 1.80. The van der Waals surface area contributed by atoms with E-state index in [2.05, 4.69) is 10.1 Å². The van der Waals surface area contributed by atoms with Crippen molar-refractivity contribution in [2.45, 2.75) is 31.5 Å². The third-order valence-corrected chi connectivity index (χ3v) is 7.55. The fourth-order valence-electron chi connectivity index (χ4n) is 5.33. The molecule has 46 heavy (non-hydrogen) atoms. The van der Waals surface area contributed by atoms with Crippen molar-refractivity contribution in [1.29, 1.82) is 0 Å². The van der Waals surface area contributed by atoms with E-state index in [0.29, 0.717) is 5.56 Å². The van der Waals surface area contributed by atoms with Crippen LogP contribution in [0, 0.1) is 18.6 Å². The summed E-state index contributed by atoms with van der Waals surface area (Å²) in [6, 6.07) is 5.27. The fraction of sp³-hybridized carbons (Fsp3) is 0.355. The van der Waals surface area contributed by atoms with E-state index >= 15 is 8.78 Å². The number of benzene rings is 2. The zero-order valence-corrected chi connectivity index (χ0v) is 25.6. The van der Waals surface area contributed by atoms with E-state index in [1.165, 1.54) is 57.6 Å². The molecule has 1 aromatic heterocycles. The molecule has 3 amide bonds. The predicted molar refractivity (Wildman–Crippen MR) is 157 cm³/mol. The van der Waals surface area contributed by atoms with E-state index in [9.17, 15) is 28.0 Å². The first-order valence-corrected chi connectivity index (χ1v) is 13.9. The lowest BCUT2D eigenvalue weighted by molar-refractivity contribution is -0.133. The molecule has 1 fully saturated rings. The smallest absolute Gasteiger partial charge is 0.387 e. The minimum atomic E-state index is -3.09. The summed E-state index contributed by atoms with van der Waals surface area (Å²) in [4.78, 5) is 56.4. The van der Waals surface area contributed by atoms with E-state index in [1.807, 2.05) is 0 Å². The number of ether oxygens (including phenoxy) is 3. The van der Waals surface area contributed by atoms with Crippen molar-refractivity contribution in [3.63, 3.8) is 0 Å². The van der Waals surface area contributed by atoms with Crippen LogP contribution in [0.5, 0.6) is 11.5 Å². The van der Waals surface area contributed by atoms with Gasteiger partial charge in [-0.15, -0.1) is 0 Å². The summed E-state index contributed by atoms with van der Waals surface area (Å²) < 4.78 is 71.5. The number of methoxy groups -OCH3 is 2. The Morgan fingerprint density at radius 3 is 2.20 bits per heavy atom. The Hall–Kier alpha value is -4.92. The number of rotatable bonds is 11. The van der Waals surface area contributed by atoms with Gasteiger partial charge in [-0.1, -0.05) is 0 Å². The first-order chi connectivity index (χ1) is 21.8. The van der Waals surface area contributed by atoms with Crippen LogP contribution in [-0.2, 0) is 14.3 Å². The highest BCUT2D eigenvalue weighted by atomic mass is 19.3. The maximum Gasteiger partial charge on any atom is 0.387 e. The molecule has 0 aliphatic carbocycles. The third-order valence-electron chi connectivity index (χ3n) is 7.55. The molecule has 0 saturated carbocycles. The lowest BCUT2D eigenvalue weighted by Gasteiger charge is -2.25. The Labute approximate surface area is 261 Å². The van der Waals surface area contributed by atoms with Gasteiger partial charge in [-0.05, 0) is 42.8 Å². The number of hydrogen-bond acceptors (Lipinski definition) is 7. The molecule has 3 atom stereocenters. The number of hydrogen-bond donors (Lipinski definition) is 1. The molecule has 2 aromatic carbocycles. The summed E-state index contributed by atoms with van der Waals surface area (Å²) in [7, 11) is 5.58. The van der Waals surface area contributed by atoms with Gasteiger partial charge in [0.15, 0.2) is 0 Å². The maximum absolute atomic E-state index is 15.4. The molecule has 2 heterocycles. The number of alkyl halides is 2. The monoisotopic (exact) mass is 648 g/mol. The molecule has 246 valence electrons.